The van der Waals surface area contributed by atoms with Gasteiger partial charge in [-0.05, 0) is 24.3 Å². The summed E-state index contributed by atoms with van der Waals surface area (Å²) in [5.41, 5.74) is 6.92. The first-order chi connectivity index (χ1) is 9.47. The van der Waals surface area contributed by atoms with Crippen LogP contribution in [0, 0.1) is 5.82 Å². The maximum Gasteiger partial charge on any atom is 0.254 e. The van der Waals surface area contributed by atoms with Crippen molar-refractivity contribution in [3.63, 3.8) is 0 Å². The van der Waals surface area contributed by atoms with E-state index in [1.165, 1.54) is 17.0 Å². The molecule has 20 heavy (non-hydrogen) atoms. The highest BCUT2D eigenvalue weighted by Crippen LogP contribution is 2.18. The minimum absolute atomic E-state index is 0.178. The van der Waals surface area contributed by atoms with E-state index in [4.69, 9.17) is 17.3 Å². The lowest BCUT2D eigenvalue weighted by Gasteiger charge is -2.18. The highest BCUT2D eigenvalue weighted by atomic mass is 35.5. The van der Waals surface area contributed by atoms with Crippen LogP contribution in [-0.2, 0) is 6.54 Å². The van der Waals surface area contributed by atoms with Crippen LogP contribution in [0.3, 0.4) is 0 Å². The van der Waals surface area contributed by atoms with Gasteiger partial charge in [-0.3, -0.25) is 4.79 Å². The van der Waals surface area contributed by atoms with E-state index in [0.29, 0.717) is 21.8 Å². The van der Waals surface area contributed by atoms with Gasteiger partial charge in [0, 0.05) is 35.4 Å². The van der Waals surface area contributed by atoms with Crippen molar-refractivity contribution in [1.29, 1.82) is 0 Å². The van der Waals surface area contributed by atoms with E-state index in [2.05, 4.69) is 0 Å². The third-order valence-corrected chi connectivity index (χ3v) is 3.10. The van der Waals surface area contributed by atoms with E-state index < -0.39 is 0 Å². The molecule has 3 nitrogen and oxygen atoms in total. The highest BCUT2D eigenvalue weighted by molar-refractivity contribution is 6.31. The highest BCUT2D eigenvalue weighted by Gasteiger charge is 2.14. The molecule has 0 saturated carbocycles. The summed E-state index contributed by atoms with van der Waals surface area (Å²) in [6, 6.07) is 11.0. The van der Waals surface area contributed by atoms with Crippen LogP contribution < -0.4 is 5.73 Å². The summed E-state index contributed by atoms with van der Waals surface area (Å²) in [4.78, 5) is 13.7. The van der Waals surface area contributed by atoms with E-state index in [1.54, 1.807) is 37.4 Å². The summed E-state index contributed by atoms with van der Waals surface area (Å²) in [5, 5.41) is 0.396. The second kappa shape index (κ2) is 5.92. The molecule has 0 aromatic heterocycles. The van der Waals surface area contributed by atoms with Gasteiger partial charge in [-0.1, -0.05) is 29.8 Å². The maximum atomic E-state index is 13.6. The Morgan fingerprint density at radius 2 is 2.00 bits per heavy atom. The lowest BCUT2D eigenvalue weighted by Crippen LogP contribution is -2.26. The number of benzene rings is 2. The largest absolute Gasteiger partial charge is 0.399 e. The van der Waals surface area contributed by atoms with E-state index in [0.717, 1.165) is 0 Å². The molecule has 0 aliphatic carbocycles. The summed E-state index contributed by atoms with van der Waals surface area (Å²) >= 11 is 5.87. The number of hydrogen-bond donors (Lipinski definition) is 1. The first kappa shape index (κ1) is 14.3. The number of halogens is 2. The smallest absolute Gasteiger partial charge is 0.254 e. The SMILES string of the molecule is CN(Cc1ccccc1F)C(=O)c1cc(N)cc(Cl)c1. The summed E-state index contributed by atoms with van der Waals surface area (Å²) in [6.07, 6.45) is 0. The van der Waals surface area contributed by atoms with Gasteiger partial charge < -0.3 is 10.6 Å². The molecule has 0 bridgehead atoms. The van der Waals surface area contributed by atoms with Crippen molar-refractivity contribution in [1.82, 2.24) is 4.90 Å². The van der Waals surface area contributed by atoms with Gasteiger partial charge in [0.15, 0.2) is 0 Å². The molecule has 1 amide bonds. The number of rotatable bonds is 3. The molecule has 104 valence electrons. The van der Waals surface area contributed by atoms with Crippen molar-refractivity contribution in [2.75, 3.05) is 12.8 Å². The van der Waals surface area contributed by atoms with Crippen molar-refractivity contribution in [3.05, 3.63) is 64.4 Å². The number of anilines is 1. The lowest BCUT2D eigenvalue weighted by molar-refractivity contribution is 0.0784. The predicted molar refractivity (Wildman–Crippen MR) is 78.1 cm³/mol. The monoisotopic (exact) mass is 292 g/mol. The predicted octanol–water partition coefficient (Wildman–Crippen LogP) is 3.33. The number of amides is 1. The fraction of sp³-hybridized carbons (Fsp3) is 0.133. The van der Waals surface area contributed by atoms with Gasteiger partial charge in [-0.15, -0.1) is 0 Å². The molecule has 0 fully saturated rings. The molecule has 0 unspecified atom stereocenters. The van der Waals surface area contributed by atoms with Gasteiger partial charge >= 0.3 is 0 Å². The normalized spacial score (nSPS) is 10.3. The van der Waals surface area contributed by atoms with Crippen LogP contribution in [0.15, 0.2) is 42.5 Å². The Labute approximate surface area is 121 Å². The Morgan fingerprint density at radius 3 is 2.65 bits per heavy atom. The van der Waals surface area contributed by atoms with E-state index in [-0.39, 0.29) is 18.3 Å². The quantitative estimate of drug-likeness (QED) is 0.882. The van der Waals surface area contributed by atoms with Gasteiger partial charge in [0.25, 0.3) is 5.91 Å². The number of carbonyl (C=O) groups is 1. The Kier molecular flexibility index (Phi) is 4.25. The molecule has 0 atom stereocenters. The minimum Gasteiger partial charge on any atom is -0.399 e. The number of hydrogen-bond acceptors (Lipinski definition) is 2. The molecule has 5 heteroatoms. The zero-order valence-electron chi connectivity index (χ0n) is 10.9. The van der Waals surface area contributed by atoms with Crippen molar-refractivity contribution in [2.24, 2.45) is 0 Å². The van der Waals surface area contributed by atoms with Crippen molar-refractivity contribution in [3.8, 4) is 0 Å². The summed E-state index contributed by atoms with van der Waals surface area (Å²) in [7, 11) is 1.60. The van der Waals surface area contributed by atoms with Gasteiger partial charge in [-0.2, -0.15) is 0 Å². The molecule has 2 rings (SSSR count). The van der Waals surface area contributed by atoms with Crippen LogP contribution in [0.5, 0.6) is 0 Å². The van der Waals surface area contributed by atoms with Crippen molar-refractivity contribution >= 4 is 23.2 Å². The number of nitrogen functional groups attached to an aromatic ring is 1. The fourth-order valence-electron chi connectivity index (χ4n) is 1.91. The summed E-state index contributed by atoms with van der Waals surface area (Å²) < 4.78 is 13.6. The molecule has 2 aromatic rings. The molecule has 2 aromatic carbocycles. The van der Waals surface area contributed by atoms with Crippen LogP contribution in [0.2, 0.25) is 5.02 Å². The standard InChI is InChI=1S/C15H14ClFN2O/c1-19(9-10-4-2-3-5-14(10)17)15(20)11-6-12(16)8-13(18)7-11/h2-8H,9,18H2,1H3. The Bertz CT molecular complexity index is 625. The maximum absolute atomic E-state index is 13.6. The first-order valence-corrected chi connectivity index (χ1v) is 6.40. The zero-order chi connectivity index (χ0) is 14.7. The van der Waals surface area contributed by atoms with Crippen LogP contribution in [0.25, 0.3) is 0 Å². The van der Waals surface area contributed by atoms with Crippen molar-refractivity contribution in [2.45, 2.75) is 6.54 Å². The minimum atomic E-state index is -0.335. The van der Waals surface area contributed by atoms with Gasteiger partial charge in [0.1, 0.15) is 5.82 Å². The van der Waals surface area contributed by atoms with Crippen LogP contribution in [-0.4, -0.2) is 17.9 Å². The van der Waals surface area contributed by atoms with E-state index in [9.17, 15) is 9.18 Å². The molecule has 0 aliphatic heterocycles. The third kappa shape index (κ3) is 3.27. The molecular weight excluding hydrogens is 279 g/mol. The fourth-order valence-corrected chi connectivity index (χ4v) is 2.15. The van der Waals surface area contributed by atoms with E-state index in [1.807, 2.05) is 0 Å². The molecule has 0 radical (unpaired) electrons. The van der Waals surface area contributed by atoms with E-state index >= 15 is 0 Å². The second-order valence-corrected chi connectivity index (χ2v) is 4.96. The average Bonchev–Trinajstić information content (AvgIpc) is 2.39. The topological polar surface area (TPSA) is 46.3 Å². The lowest BCUT2D eigenvalue weighted by atomic mass is 10.1. The number of nitrogens with two attached hydrogens (primary N) is 1. The first-order valence-electron chi connectivity index (χ1n) is 6.02. The molecule has 0 heterocycles. The molecule has 2 N–H and O–H groups in total. The van der Waals surface area contributed by atoms with Gasteiger partial charge in [-0.25, -0.2) is 4.39 Å². The summed E-state index contributed by atoms with van der Waals surface area (Å²) in [5.74, 6) is -0.597. The van der Waals surface area contributed by atoms with Crippen LogP contribution >= 0.6 is 11.6 Å². The molecule has 0 aliphatic rings. The van der Waals surface area contributed by atoms with Gasteiger partial charge in [0.05, 0.1) is 0 Å². The molecular formula is C15H14ClFN2O. The molecule has 0 spiro atoms. The van der Waals surface area contributed by atoms with Crippen LogP contribution in [0.1, 0.15) is 15.9 Å². The Balaban J connectivity index is 2.18. The van der Waals surface area contributed by atoms with Crippen molar-refractivity contribution < 1.29 is 9.18 Å². The Morgan fingerprint density at radius 1 is 1.30 bits per heavy atom. The number of nitrogens with zero attached hydrogens (tertiary/aromatic N) is 1. The van der Waals surface area contributed by atoms with Gasteiger partial charge in [0.2, 0.25) is 0 Å². The zero-order valence-corrected chi connectivity index (χ0v) is 11.7. The number of carbonyl (C=O) groups excluding carboxylic acids is 1. The second-order valence-electron chi connectivity index (χ2n) is 4.53. The van der Waals surface area contributed by atoms with Crippen LogP contribution in [0.4, 0.5) is 10.1 Å². The average molecular weight is 293 g/mol. The third-order valence-electron chi connectivity index (χ3n) is 2.88. The molecule has 0 saturated heterocycles. The Hall–Kier alpha value is -2.07. The summed E-state index contributed by atoms with van der Waals surface area (Å²) in [6.45, 7) is 0.178.